The first-order valence-electron chi connectivity index (χ1n) is 14.2. The molecular weight excluding hydrogens is 502 g/mol. The van der Waals surface area contributed by atoms with E-state index in [0.717, 1.165) is 79.2 Å². The van der Waals surface area contributed by atoms with Gasteiger partial charge in [0.15, 0.2) is 0 Å². The molecule has 2 aromatic heterocycles. The molecule has 1 N–H and O–H groups in total. The van der Waals surface area contributed by atoms with Gasteiger partial charge in [-0.05, 0) is 42.6 Å². The van der Waals surface area contributed by atoms with E-state index in [0.29, 0.717) is 13.0 Å². The summed E-state index contributed by atoms with van der Waals surface area (Å²) in [5.41, 5.74) is 4.23. The number of urea groups is 1. The third-order valence-corrected chi connectivity index (χ3v) is 8.56. The van der Waals surface area contributed by atoms with Crippen LogP contribution in [0.1, 0.15) is 35.7 Å². The predicted molar refractivity (Wildman–Crippen MR) is 153 cm³/mol. The van der Waals surface area contributed by atoms with Crippen molar-refractivity contribution in [3.8, 4) is 0 Å². The number of carbonyl (C=O) groups is 2. The molecule has 7 rings (SSSR count). The minimum Gasteiger partial charge on any atom is -0.356 e. The molecule has 0 aliphatic carbocycles. The van der Waals surface area contributed by atoms with Gasteiger partial charge in [0, 0.05) is 68.1 Å². The Balaban J connectivity index is 1.02. The Labute approximate surface area is 233 Å². The predicted octanol–water partition coefficient (Wildman–Crippen LogP) is 3.84. The normalized spacial score (nSPS) is 21.2. The lowest BCUT2D eigenvalue weighted by atomic mass is 9.89. The molecule has 0 saturated carbocycles. The van der Waals surface area contributed by atoms with Crippen LogP contribution in [0.5, 0.6) is 0 Å². The highest BCUT2D eigenvalue weighted by atomic mass is 16.2. The van der Waals surface area contributed by atoms with E-state index in [1.165, 1.54) is 4.90 Å². The number of benzene rings is 2. The Bertz CT molecular complexity index is 1510. The van der Waals surface area contributed by atoms with Crippen LogP contribution >= 0.6 is 0 Å². The van der Waals surface area contributed by atoms with Crippen molar-refractivity contribution < 1.29 is 9.59 Å². The molecule has 0 radical (unpaired) electrons. The molecule has 2 aromatic carbocycles. The molecule has 3 aliphatic rings. The third-order valence-electron chi connectivity index (χ3n) is 8.56. The molecule has 0 bridgehead atoms. The number of para-hydroxylation sites is 1. The Morgan fingerprint density at radius 1 is 0.825 bits per heavy atom. The van der Waals surface area contributed by atoms with Crippen LogP contribution in [0.4, 0.5) is 10.7 Å². The monoisotopic (exact) mass is 535 g/mol. The second-order valence-corrected chi connectivity index (χ2v) is 10.9. The summed E-state index contributed by atoms with van der Waals surface area (Å²) in [6.45, 7) is 5.13. The van der Waals surface area contributed by atoms with E-state index in [1.807, 2.05) is 53.4 Å². The number of fused-ring (bicyclic) bond motifs is 4. The second kappa shape index (κ2) is 10.4. The molecule has 2 atom stereocenters. The topological polar surface area (TPSA) is 88.7 Å². The molecule has 4 aromatic rings. The minimum absolute atomic E-state index is 0.0710. The molecule has 2 fully saturated rings. The van der Waals surface area contributed by atoms with Gasteiger partial charge in [-0.25, -0.2) is 14.8 Å². The number of hydrogen-bond acceptors (Lipinski definition) is 6. The summed E-state index contributed by atoms with van der Waals surface area (Å²) in [6.07, 6.45) is 5.84. The van der Waals surface area contributed by atoms with Crippen LogP contribution < -0.4 is 4.90 Å². The number of aromatic nitrogens is 3. The summed E-state index contributed by atoms with van der Waals surface area (Å²) in [6, 6.07) is 19.1. The molecule has 40 heavy (non-hydrogen) atoms. The number of anilines is 1. The summed E-state index contributed by atoms with van der Waals surface area (Å²) >= 11 is 0. The number of H-pyrrole nitrogens is 1. The van der Waals surface area contributed by atoms with Gasteiger partial charge in [-0.2, -0.15) is 0 Å². The Hall–Kier alpha value is -4.24. The van der Waals surface area contributed by atoms with Crippen LogP contribution in [-0.2, 0) is 11.2 Å². The quantitative estimate of drug-likeness (QED) is 0.286. The highest BCUT2D eigenvalue weighted by Gasteiger charge is 2.52. The molecule has 9 nitrogen and oxygen atoms in total. The Morgan fingerprint density at radius 2 is 1.55 bits per heavy atom. The van der Waals surface area contributed by atoms with Gasteiger partial charge >= 0.3 is 6.03 Å². The van der Waals surface area contributed by atoms with E-state index in [-0.39, 0.29) is 18.0 Å². The van der Waals surface area contributed by atoms with Gasteiger partial charge in [0.1, 0.15) is 12.1 Å². The van der Waals surface area contributed by atoms with Gasteiger partial charge < -0.3 is 9.88 Å². The maximum atomic E-state index is 13.8. The van der Waals surface area contributed by atoms with Crippen molar-refractivity contribution in [1.82, 2.24) is 29.7 Å². The molecule has 3 amide bonds. The van der Waals surface area contributed by atoms with E-state index in [9.17, 15) is 9.59 Å². The zero-order chi connectivity index (χ0) is 27.1. The van der Waals surface area contributed by atoms with Gasteiger partial charge in [-0.1, -0.05) is 48.5 Å². The average molecular weight is 536 g/mol. The number of nitrogens with zero attached hydrogens (tertiary/aromatic N) is 6. The van der Waals surface area contributed by atoms with E-state index in [1.54, 1.807) is 12.4 Å². The van der Waals surface area contributed by atoms with Gasteiger partial charge in [0.25, 0.3) is 5.91 Å². The number of aromatic amines is 1. The highest BCUT2D eigenvalue weighted by Crippen LogP contribution is 2.43. The van der Waals surface area contributed by atoms with E-state index >= 15 is 0 Å². The summed E-state index contributed by atoms with van der Waals surface area (Å²) in [5.74, 6) is 0.718. The average Bonchev–Trinajstić information content (AvgIpc) is 3.49. The van der Waals surface area contributed by atoms with Gasteiger partial charge in [-0.15, -0.1) is 0 Å². The third kappa shape index (κ3) is 4.30. The molecular formula is C31H33N7O2. The van der Waals surface area contributed by atoms with Crippen LogP contribution in [0.25, 0.3) is 10.9 Å². The summed E-state index contributed by atoms with van der Waals surface area (Å²) in [7, 11) is 0. The number of hydrogen-bond donors (Lipinski definition) is 1. The molecule has 3 aliphatic heterocycles. The highest BCUT2D eigenvalue weighted by molar-refractivity contribution is 6.05. The standard InChI is InChI=1S/C31H33N7O2/c39-29-26-21-24-23-11-4-5-12-25(23)34-27(24)28(22-9-2-1-3-10-22)38(26)31(40)37(29)16-7-6-15-35-17-19-36(20-18-35)30-32-13-8-14-33-30/h1-5,8-14,26,28,34H,6-7,15-21H2/t26-,28+/m1/s1. The van der Waals surface area contributed by atoms with Crippen molar-refractivity contribution in [1.29, 1.82) is 0 Å². The fraction of sp³-hybridized carbons (Fsp3) is 0.355. The maximum Gasteiger partial charge on any atom is 0.328 e. The van der Waals surface area contributed by atoms with Crippen molar-refractivity contribution in [3.63, 3.8) is 0 Å². The second-order valence-electron chi connectivity index (χ2n) is 10.9. The molecule has 204 valence electrons. The van der Waals surface area contributed by atoms with Crippen LogP contribution in [0, 0.1) is 0 Å². The molecule has 5 heterocycles. The lowest BCUT2D eigenvalue weighted by Crippen LogP contribution is -2.47. The summed E-state index contributed by atoms with van der Waals surface area (Å²) in [4.78, 5) is 47.8. The molecule has 2 saturated heterocycles. The summed E-state index contributed by atoms with van der Waals surface area (Å²) < 4.78 is 0. The number of piperazine rings is 1. The van der Waals surface area contributed by atoms with E-state index in [2.05, 4.69) is 36.9 Å². The fourth-order valence-electron chi connectivity index (χ4n) is 6.55. The minimum atomic E-state index is -0.474. The maximum absolute atomic E-state index is 13.8. The van der Waals surface area contributed by atoms with Crippen molar-refractivity contribution in [3.05, 3.63) is 89.9 Å². The van der Waals surface area contributed by atoms with E-state index in [4.69, 9.17) is 0 Å². The first kappa shape index (κ1) is 24.8. The zero-order valence-electron chi connectivity index (χ0n) is 22.4. The zero-order valence-corrected chi connectivity index (χ0v) is 22.4. The van der Waals surface area contributed by atoms with Crippen molar-refractivity contribution >= 4 is 28.8 Å². The number of unbranched alkanes of at least 4 members (excludes halogenated alkanes) is 1. The van der Waals surface area contributed by atoms with Crippen LogP contribution in [0.2, 0.25) is 0 Å². The van der Waals surface area contributed by atoms with Crippen molar-refractivity contribution in [2.75, 3.05) is 44.2 Å². The first-order valence-corrected chi connectivity index (χ1v) is 14.2. The van der Waals surface area contributed by atoms with Crippen LogP contribution in [-0.4, -0.2) is 86.9 Å². The Morgan fingerprint density at radius 3 is 2.35 bits per heavy atom. The smallest absolute Gasteiger partial charge is 0.328 e. The number of amides is 3. The van der Waals surface area contributed by atoms with Gasteiger partial charge in [-0.3, -0.25) is 19.5 Å². The first-order chi connectivity index (χ1) is 19.7. The van der Waals surface area contributed by atoms with Gasteiger partial charge in [0.05, 0.1) is 0 Å². The number of nitrogens with one attached hydrogen (secondary N) is 1. The fourth-order valence-corrected chi connectivity index (χ4v) is 6.55. The number of imide groups is 1. The number of carbonyl (C=O) groups excluding carboxylic acids is 2. The molecule has 0 unspecified atom stereocenters. The Kier molecular flexibility index (Phi) is 6.43. The van der Waals surface area contributed by atoms with Crippen molar-refractivity contribution in [2.24, 2.45) is 0 Å². The summed E-state index contributed by atoms with van der Waals surface area (Å²) in [5, 5.41) is 1.13. The largest absolute Gasteiger partial charge is 0.356 e. The van der Waals surface area contributed by atoms with E-state index < -0.39 is 6.04 Å². The van der Waals surface area contributed by atoms with Crippen LogP contribution in [0.3, 0.4) is 0 Å². The number of rotatable bonds is 7. The van der Waals surface area contributed by atoms with Crippen molar-refractivity contribution in [2.45, 2.75) is 31.3 Å². The molecule has 0 spiro atoms. The van der Waals surface area contributed by atoms with Crippen LogP contribution in [0.15, 0.2) is 73.1 Å². The lowest BCUT2D eigenvalue weighted by molar-refractivity contribution is -0.128. The molecule has 9 heteroatoms. The van der Waals surface area contributed by atoms with Gasteiger partial charge in [0.2, 0.25) is 5.95 Å². The lowest BCUT2D eigenvalue weighted by Gasteiger charge is -2.36. The SMILES string of the molecule is O=C1[C@H]2Cc3c([nH]c4ccccc34)[C@H](c3ccccc3)N2C(=O)N1CCCCN1CCN(c2ncccn2)CC1.